The minimum atomic E-state index is -4.57. The number of ether oxygens (including phenoxy) is 1. The number of aryl methyl sites for hydroxylation is 1. The van der Waals surface area contributed by atoms with Crippen LogP contribution >= 0.6 is 0 Å². The molecule has 0 aliphatic carbocycles. The molecular formula is C17H22F3N3O3. The van der Waals surface area contributed by atoms with Crippen molar-refractivity contribution in [2.24, 2.45) is 5.73 Å². The number of aromatic nitrogens is 1. The largest absolute Gasteiger partial charge is 0.493 e. The summed E-state index contributed by atoms with van der Waals surface area (Å²) in [6.07, 6.45) is -2.04. The molecule has 1 aromatic carbocycles. The molecule has 2 rings (SSSR count). The van der Waals surface area contributed by atoms with Crippen molar-refractivity contribution in [3.05, 3.63) is 23.4 Å². The zero-order valence-corrected chi connectivity index (χ0v) is 14.5. The lowest BCUT2D eigenvalue weighted by Gasteiger charge is -2.16. The smallest absolute Gasteiger partial charge is 0.437 e. The Labute approximate surface area is 149 Å². The maximum atomic E-state index is 13.0. The maximum absolute atomic E-state index is 13.0. The molecule has 2 aromatic rings. The second-order valence-electron chi connectivity index (χ2n) is 5.83. The number of hydrogen-bond donors (Lipinski definition) is 1. The number of fused-ring (bicyclic) bond motifs is 1. The molecule has 1 aromatic heterocycles. The van der Waals surface area contributed by atoms with Crippen molar-refractivity contribution in [2.45, 2.75) is 32.4 Å². The van der Waals surface area contributed by atoms with Crippen molar-refractivity contribution in [1.29, 1.82) is 0 Å². The molecule has 144 valence electrons. The SMILES string of the molecule is CCCc1c(OCCCN(C=O)CCN)ccc2c(C(F)(F)F)noc12. The van der Waals surface area contributed by atoms with E-state index in [9.17, 15) is 18.0 Å². The number of rotatable bonds is 10. The number of halogens is 3. The van der Waals surface area contributed by atoms with E-state index in [1.807, 2.05) is 6.92 Å². The summed E-state index contributed by atoms with van der Waals surface area (Å²) in [5.74, 6) is 0.473. The van der Waals surface area contributed by atoms with Crippen LogP contribution in [0.4, 0.5) is 13.2 Å². The van der Waals surface area contributed by atoms with Gasteiger partial charge in [-0.2, -0.15) is 13.2 Å². The molecule has 1 heterocycles. The van der Waals surface area contributed by atoms with E-state index in [1.54, 1.807) is 4.90 Å². The molecule has 2 N–H and O–H groups in total. The van der Waals surface area contributed by atoms with Crippen LogP contribution in [0.25, 0.3) is 11.0 Å². The van der Waals surface area contributed by atoms with Gasteiger partial charge >= 0.3 is 6.18 Å². The van der Waals surface area contributed by atoms with Crippen molar-refractivity contribution >= 4 is 17.4 Å². The molecule has 9 heteroatoms. The Hall–Kier alpha value is -2.29. The van der Waals surface area contributed by atoms with Gasteiger partial charge in [0.2, 0.25) is 6.41 Å². The van der Waals surface area contributed by atoms with E-state index in [4.69, 9.17) is 15.0 Å². The third-order valence-electron chi connectivity index (χ3n) is 3.88. The summed E-state index contributed by atoms with van der Waals surface area (Å²) < 4.78 is 49.7. The van der Waals surface area contributed by atoms with Crippen LogP contribution in [0.3, 0.4) is 0 Å². The first kappa shape index (κ1) is 20.0. The number of nitrogens with two attached hydrogens (primary N) is 1. The third kappa shape index (κ3) is 4.66. The van der Waals surface area contributed by atoms with Crippen molar-refractivity contribution in [1.82, 2.24) is 10.1 Å². The van der Waals surface area contributed by atoms with Gasteiger partial charge in [-0.05, 0) is 25.0 Å². The van der Waals surface area contributed by atoms with Gasteiger partial charge in [-0.25, -0.2) is 0 Å². The fourth-order valence-electron chi connectivity index (χ4n) is 2.70. The average molecular weight is 373 g/mol. The molecule has 26 heavy (non-hydrogen) atoms. The first-order valence-corrected chi connectivity index (χ1v) is 8.43. The number of nitrogens with zero attached hydrogens (tertiary/aromatic N) is 2. The average Bonchev–Trinajstić information content (AvgIpc) is 3.03. The Morgan fingerprint density at radius 2 is 2.12 bits per heavy atom. The van der Waals surface area contributed by atoms with E-state index in [-0.39, 0.29) is 11.0 Å². The van der Waals surface area contributed by atoms with Gasteiger partial charge in [0.15, 0.2) is 11.3 Å². The fraction of sp³-hybridized carbons (Fsp3) is 0.529. The van der Waals surface area contributed by atoms with E-state index in [0.717, 1.165) is 6.41 Å². The predicted octanol–water partition coefficient (Wildman–Crippen LogP) is 2.99. The molecule has 0 radical (unpaired) electrons. The second-order valence-corrected chi connectivity index (χ2v) is 5.83. The van der Waals surface area contributed by atoms with Gasteiger partial charge < -0.3 is 19.9 Å². The first-order chi connectivity index (χ1) is 12.4. The van der Waals surface area contributed by atoms with Crippen LogP contribution in [0.5, 0.6) is 5.75 Å². The standard InChI is InChI=1S/C17H22F3N3O3/c1-2-4-12-14(25-10-3-8-23(11-24)9-7-21)6-5-13-15(12)26-22-16(13)17(18,19)20/h5-6,11H,2-4,7-10,21H2,1H3. The summed E-state index contributed by atoms with van der Waals surface area (Å²) in [5.41, 5.74) is 5.06. The number of hydrogen-bond acceptors (Lipinski definition) is 5. The van der Waals surface area contributed by atoms with Crippen LogP contribution < -0.4 is 10.5 Å². The normalized spacial score (nSPS) is 11.7. The number of carbonyl (C=O) groups excluding carboxylic acids is 1. The van der Waals surface area contributed by atoms with E-state index in [2.05, 4.69) is 5.16 Å². The van der Waals surface area contributed by atoms with Gasteiger partial charge in [-0.3, -0.25) is 4.79 Å². The Morgan fingerprint density at radius 3 is 2.73 bits per heavy atom. The topological polar surface area (TPSA) is 81.6 Å². The summed E-state index contributed by atoms with van der Waals surface area (Å²) >= 11 is 0. The molecule has 0 saturated heterocycles. The third-order valence-corrected chi connectivity index (χ3v) is 3.88. The summed E-state index contributed by atoms with van der Waals surface area (Å²) in [6, 6.07) is 2.83. The molecule has 0 aliphatic rings. The van der Waals surface area contributed by atoms with Gasteiger partial charge in [0, 0.05) is 25.2 Å². The number of alkyl halides is 3. The van der Waals surface area contributed by atoms with E-state index in [0.29, 0.717) is 56.8 Å². The van der Waals surface area contributed by atoms with E-state index in [1.165, 1.54) is 12.1 Å². The zero-order chi connectivity index (χ0) is 19.2. The molecule has 0 spiro atoms. The van der Waals surface area contributed by atoms with Crippen molar-refractivity contribution in [2.75, 3.05) is 26.2 Å². The molecular weight excluding hydrogens is 351 g/mol. The molecule has 0 unspecified atom stereocenters. The highest BCUT2D eigenvalue weighted by molar-refractivity contribution is 5.85. The Morgan fingerprint density at radius 1 is 1.35 bits per heavy atom. The minimum absolute atomic E-state index is 0.0663. The van der Waals surface area contributed by atoms with E-state index >= 15 is 0 Å². The number of carbonyl (C=O) groups is 1. The number of benzene rings is 1. The Bertz CT molecular complexity index is 731. The highest BCUT2D eigenvalue weighted by atomic mass is 19.4. The Kier molecular flexibility index (Phi) is 6.84. The van der Waals surface area contributed by atoms with Crippen LogP contribution in [-0.2, 0) is 17.4 Å². The van der Waals surface area contributed by atoms with Gasteiger partial charge in [0.1, 0.15) is 5.75 Å². The second kappa shape index (κ2) is 8.88. The molecule has 0 fully saturated rings. The highest BCUT2D eigenvalue weighted by Gasteiger charge is 2.37. The van der Waals surface area contributed by atoms with Crippen molar-refractivity contribution in [3.63, 3.8) is 0 Å². The van der Waals surface area contributed by atoms with Crippen LogP contribution in [-0.4, -0.2) is 42.7 Å². The molecule has 0 atom stereocenters. The van der Waals surface area contributed by atoms with Gasteiger partial charge in [0.25, 0.3) is 0 Å². The maximum Gasteiger partial charge on any atom is 0.437 e. The lowest BCUT2D eigenvalue weighted by atomic mass is 10.0. The highest BCUT2D eigenvalue weighted by Crippen LogP contribution is 2.38. The molecule has 0 aliphatic heterocycles. The van der Waals surface area contributed by atoms with Gasteiger partial charge in [0.05, 0.1) is 12.0 Å². The first-order valence-electron chi connectivity index (χ1n) is 8.43. The quantitative estimate of drug-likeness (QED) is 0.511. The zero-order valence-electron chi connectivity index (χ0n) is 14.5. The molecule has 6 nitrogen and oxygen atoms in total. The summed E-state index contributed by atoms with van der Waals surface area (Å²) in [6.45, 7) is 3.57. The van der Waals surface area contributed by atoms with Gasteiger partial charge in [-0.15, -0.1) is 0 Å². The van der Waals surface area contributed by atoms with Gasteiger partial charge in [-0.1, -0.05) is 18.5 Å². The summed E-state index contributed by atoms with van der Waals surface area (Å²) in [5, 5.41) is 3.12. The number of amides is 1. The lowest BCUT2D eigenvalue weighted by Crippen LogP contribution is -2.29. The summed E-state index contributed by atoms with van der Waals surface area (Å²) in [7, 11) is 0. The lowest BCUT2D eigenvalue weighted by molar-refractivity contribution is -0.141. The molecule has 1 amide bonds. The minimum Gasteiger partial charge on any atom is -0.493 e. The summed E-state index contributed by atoms with van der Waals surface area (Å²) in [4.78, 5) is 12.4. The molecule has 0 saturated carbocycles. The van der Waals surface area contributed by atoms with Crippen LogP contribution in [0.15, 0.2) is 16.7 Å². The van der Waals surface area contributed by atoms with Crippen molar-refractivity contribution in [3.8, 4) is 5.75 Å². The van der Waals surface area contributed by atoms with Crippen LogP contribution in [0.2, 0.25) is 0 Å². The fourth-order valence-corrected chi connectivity index (χ4v) is 2.70. The van der Waals surface area contributed by atoms with Crippen LogP contribution in [0, 0.1) is 0 Å². The van der Waals surface area contributed by atoms with Crippen molar-refractivity contribution < 1.29 is 27.2 Å². The van der Waals surface area contributed by atoms with E-state index < -0.39 is 11.9 Å². The van der Waals surface area contributed by atoms with Crippen LogP contribution in [0.1, 0.15) is 31.0 Å². The predicted molar refractivity (Wildman–Crippen MR) is 89.8 cm³/mol. The molecule has 0 bridgehead atoms. The Balaban J connectivity index is 2.14. The monoisotopic (exact) mass is 373 g/mol.